The van der Waals surface area contributed by atoms with Crippen molar-refractivity contribution in [2.45, 2.75) is 81.0 Å². The van der Waals surface area contributed by atoms with Gasteiger partial charge in [0.05, 0.1) is 10.1 Å². The number of carbonyl (C=O) groups is 1. The molecule has 26 heavy (non-hydrogen) atoms. The number of nitrogens with one attached hydrogen (secondary N) is 2. The molecule has 0 bridgehead atoms. The van der Waals surface area contributed by atoms with Gasteiger partial charge in [0.15, 0.2) is 9.84 Å². The summed E-state index contributed by atoms with van der Waals surface area (Å²) < 4.78 is 25.5. The van der Waals surface area contributed by atoms with Crippen LogP contribution in [-0.4, -0.2) is 36.8 Å². The predicted molar refractivity (Wildman–Crippen MR) is 103 cm³/mol. The third-order valence-corrected chi connectivity index (χ3v) is 7.85. The van der Waals surface area contributed by atoms with Gasteiger partial charge >= 0.3 is 6.03 Å². The molecule has 1 aromatic rings. The van der Waals surface area contributed by atoms with Crippen LogP contribution in [0, 0.1) is 0 Å². The van der Waals surface area contributed by atoms with Gasteiger partial charge in [0.25, 0.3) is 0 Å². The summed E-state index contributed by atoms with van der Waals surface area (Å²) in [7, 11) is -3.32. The number of hydrogen-bond donors (Lipinski definition) is 2. The van der Waals surface area contributed by atoms with E-state index in [2.05, 4.69) is 24.6 Å². The molecule has 1 saturated carbocycles. The average Bonchev–Trinajstić information content (AvgIpc) is 3.14. The molecule has 1 saturated heterocycles. The van der Waals surface area contributed by atoms with Crippen molar-refractivity contribution in [1.82, 2.24) is 10.4 Å². The summed E-state index contributed by atoms with van der Waals surface area (Å²) >= 11 is 0. The highest BCUT2D eigenvalue weighted by Gasteiger charge is 2.30. The van der Waals surface area contributed by atoms with Gasteiger partial charge in [-0.15, -0.1) is 0 Å². The number of urea groups is 1. The van der Waals surface area contributed by atoms with Crippen LogP contribution in [-0.2, 0) is 9.84 Å². The van der Waals surface area contributed by atoms with E-state index in [1.807, 2.05) is 5.01 Å². The summed E-state index contributed by atoms with van der Waals surface area (Å²) in [5.41, 5.74) is 3.41. The Bertz CT molecular complexity index is 734. The Morgan fingerprint density at radius 2 is 1.69 bits per heavy atom. The van der Waals surface area contributed by atoms with E-state index in [0.717, 1.165) is 38.5 Å². The minimum absolute atomic E-state index is 0.290. The number of amides is 2. The average molecular weight is 380 g/mol. The number of rotatable bonds is 4. The van der Waals surface area contributed by atoms with Crippen LogP contribution in [0.3, 0.4) is 0 Å². The van der Waals surface area contributed by atoms with Gasteiger partial charge in [-0.3, -0.25) is 5.43 Å². The second kappa shape index (κ2) is 7.96. The largest absolute Gasteiger partial charge is 0.333 e. The van der Waals surface area contributed by atoms with Crippen molar-refractivity contribution in [3.8, 4) is 0 Å². The molecular weight excluding hydrogens is 350 g/mol. The summed E-state index contributed by atoms with van der Waals surface area (Å²) in [6, 6.07) is 6.83. The maximum atomic E-state index is 12.7. The smallest absolute Gasteiger partial charge is 0.307 e. The van der Waals surface area contributed by atoms with Crippen molar-refractivity contribution in [3.05, 3.63) is 24.3 Å². The number of benzene rings is 1. The number of nitrogens with zero attached hydrogens (tertiary/aromatic N) is 1. The molecule has 0 spiro atoms. The Hall–Kier alpha value is -1.60. The maximum absolute atomic E-state index is 12.7. The monoisotopic (exact) mass is 379 g/mol. The summed E-state index contributed by atoms with van der Waals surface area (Å²) in [5, 5.41) is 4.47. The predicted octanol–water partition coefficient (Wildman–Crippen LogP) is 3.70. The first-order chi connectivity index (χ1) is 12.4. The lowest BCUT2D eigenvalue weighted by Crippen LogP contribution is -2.55. The molecule has 6 nitrogen and oxygen atoms in total. The van der Waals surface area contributed by atoms with Gasteiger partial charge in [-0.2, -0.15) is 0 Å². The number of carbonyl (C=O) groups excluding carboxylic acids is 1. The molecule has 0 aromatic heterocycles. The molecule has 2 amide bonds. The number of hydrogen-bond acceptors (Lipinski definition) is 4. The fraction of sp³-hybridized carbons (Fsp3) is 0.632. The van der Waals surface area contributed by atoms with Crippen molar-refractivity contribution in [2.75, 3.05) is 5.32 Å². The van der Waals surface area contributed by atoms with Crippen molar-refractivity contribution in [3.63, 3.8) is 0 Å². The SMILES string of the molecule is C[C@H]1CCC[C@H](C)N1NC(=O)Nc1cccc(S(=O)(=O)C2CCCC2)c1. The van der Waals surface area contributed by atoms with Gasteiger partial charge in [-0.1, -0.05) is 25.3 Å². The van der Waals surface area contributed by atoms with E-state index >= 15 is 0 Å². The molecular formula is C19H29N3O3S. The Morgan fingerprint density at radius 1 is 1.04 bits per heavy atom. The standard InChI is InChI=1S/C19H29N3O3S/c1-14-7-5-8-15(2)22(14)21-19(23)20-16-9-6-12-18(13-16)26(24,25)17-10-3-4-11-17/h6,9,12-15,17H,3-5,7-8,10-11H2,1-2H3,(H2,20,21,23)/t14-,15-/m0/s1. The lowest BCUT2D eigenvalue weighted by Gasteiger charge is -2.38. The van der Waals surface area contributed by atoms with Crippen LogP contribution in [0.15, 0.2) is 29.2 Å². The minimum Gasteiger partial charge on any atom is -0.307 e. The van der Waals surface area contributed by atoms with Crippen LogP contribution < -0.4 is 10.7 Å². The van der Waals surface area contributed by atoms with Crippen LogP contribution >= 0.6 is 0 Å². The lowest BCUT2D eigenvalue weighted by molar-refractivity contribution is 0.0625. The van der Waals surface area contributed by atoms with Gasteiger partial charge in [0.2, 0.25) is 0 Å². The Labute approximate surface area is 156 Å². The third-order valence-electron chi connectivity index (χ3n) is 5.59. The van der Waals surface area contributed by atoms with Gasteiger partial charge in [-0.25, -0.2) is 18.2 Å². The fourth-order valence-corrected chi connectivity index (χ4v) is 5.96. The van der Waals surface area contributed by atoms with E-state index in [0.29, 0.717) is 22.7 Å². The zero-order valence-electron chi connectivity index (χ0n) is 15.6. The van der Waals surface area contributed by atoms with Crippen LogP contribution in [0.2, 0.25) is 0 Å². The Morgan fingerprint density at radius 3 is 2.35 bits per heavy atom. The molecule has 1 heterocycles. The first-order valence-electron chi connectivity index (χ1n) is 9.58. The third kappa shape index (κ3) is 4.20. The van der Waals surface area contributed by atoms with Gasteiger partial charge < -0.3 is 5.32 Å². The van der Waals surface area contributed by atoms with E-state index in [-0.39, 0.29) is 11.3 Å². The number of piperidine rings is 1. The first-order valence-corrected chi connectivity index (χ1v) is 11.1. The number of sulfone groups is 1. The van der Waals surface area contributed by atoms with Crippen LogP contribution in [0.25, 0.3) is 0 Å². The molecule has 144 valence electrons. The van der Waals surface area contributed by atoms with E-state index in [4.69, 9.17) is 0 Å². The number of anilines is 1. The Kier molecular flexibility index (Phi) is 5.87. The van der Waals surface area contributed by atoms with Gasteiger partial charge in [0.1, 0.15) is 0 Å². The van der Waals surface area contributed by atoms with Crippen molar-refractivity contribution in [2.24, 2.45) is 0 Å². The van der Waals surface area contributed by atoms with Crippen LogP contribution in [0.4, 0.5) is 10.5 Å². The summed E-state index contributed by atoms with van der Waals surface area (Å²) in [4.78, 5) is 12.7. The highest BCUT2D eigenvalue weighted by Crippen LogP contribution is 2.30. The summed E-state index contributed by atoms with van der Waals surface area (Å²) in [5.74, 6) is 0. The molecule has 2 aliphatic rings. The van der Waals surface area contributed by atoms with Gasteiger partial charge in [-0.05, 0) is 57.7 Å². The van der Waals surface area contributed by atoms with E-state index in [9.17, 15) is 13.2 Å². The number of hydrazine groups is 1. The van der Waals surface area contributed by atoms with Crippen LogP contribution in [0.1, 0.15) is 58.8 Å². The molecule has 2 fully saturated rings. The molecule has 0 radical (unpaired) electrons. The zero-order chi connectivity index (χ0) is 18.7. The quantitative estimate of drug-likeness (QED) is 0.836. The van der Waals surface area contributed by atoms with E-state index in [1.54, 1.807) is 24.3 Å². The molecule has 2 N–H and O–H groups in total. The first kappa shape index (κ1) is 19.2. The normalized spacial score (nSPS) is 25.2. The summed E-state index contributed by atoms with van der Waals surface area (Å²) in [6.07, 6.45) is 6.67. The van der Waals surface area contributed by atoms with Gasteiger partial charge in [0, 0.05) is 17.8 Å². The topological polar surface area (TPSA) is 78.5 Å². The Balaban J connectivity index is 1.67. The highest BCUT2D eigenvalue weighted by molar-refractivity contribution is 7.92. The molecule has 1 aromatic carbocycles. The maximum Gasteiger partial charge on any atom is 0.333 e. The van der Waals surface area contributed by atoms with Crippen molar-refractivity contribution >= 4 is 21.6 Å². The molecule has 1 aliphatic heterocycles. The molecule has 1 aliphatic carbocycles. The molecule has 3 rings (SSSR count). The van der Waals surface area contributed by atoms with Crippen molar-refractivity contribution < 1.29 is 13.2 Å². The minimum atomic E-state index is -3.32. The second-order valence-electron chi connectivity index (χ2n) is 7.58. The summed E-state index contributed by atoms with van der Waals surface area (Å²) in [6.45, 7) is 4.20. The van der Waals surface area contributed by atoms with E-state index in [1.165, 1.54) is 6.42 Å². The molecule has 0 unspecified atom stereocenters. The fourth-order valence-electron chi connectivity index (χ4n) is 4.06. The van der Waals surface area contributed by atoms with Crippen molar-refractivity contribution in [1.29, 1.82) is 0 Å². The second-order valence-corrected chi connectivity index (χ2v) is 9.81. The van der Waals surface area contributed by atoms with E-state index < -0.39 is 9.84 Å². The zero-order valence-corrected chi connectivity index (χ0v) is 16.4. The lowest BCUT2D eigenvalue weighted by atomic mass is 10.00. The molecule has 7 heteroatoms. The molecule has 2 atom stereocenters. The van der Waals surface area contributed by atoms with Crippen LogP contribution in [0.5, 0.6) is 0 Å². The highest BCUT2D eigenvalue weighted by atomic mass is 32.2.